The second kappa shape index (κ2) is 9.13. The number of ether oxygens (including phenoxy) is 2. The van der Waals surface area contributed by atoms with Crippen molar-refractivity contribution in [1.29, 1.82) is 0 Å². The van der Waals surface area contributed by atoms with E-state index in [0.717, 1.165) is 0 Å². The van der Waals surface area contributed by atoms with Crippen molar-refractivity contribution in [1.82, 2.24) is 0 Å². The van der Waals surface area contributed by atoms with Crippen molar-refractivity contribution in [3.05, 3.63) is 29.3 Å². The number of benzene rings is 1. The highest BCUT2D eigenvalue weighted by Crippen LogP contribution is 2.22. The van der Waals surface area contributed by atoms with E-state index in [1.807, 2.05) is 26.0 Å². The minimum atomic E-state index is -0.642. The van der Waals surface area contributed by atoms with Crippen molar-refractivity contribution in [3.63, 3.8) is 0 Å². The first-order chi connectivity index (χ1) is 9.31. The number of hydrogen-bond acceptors (Lipinski definition) is 4. The van der Waals surface area contributed by atoms with Crippen molar-refractivity contribution in [2.75, 3.05) is 0 Å². The molecule has 1 aromatic carbocycles. The standard InChI is InChI=1S/C15H22ClNO3.ClH/c1-9(2)14(11(4)19-15(18)10(3)17)20-13-7-5-6-12(16)8-13;/h5-11,14H,17H2,1-4H3;1H/t10-,11-,14-;/m0./s1. The van der Waals surface area contributed by atoms with E-state index in [4.69, 9.17) is 26.8 Å². The smallest absolute Gasteiger partial charge is 0.323 e. The highest BCUT2D eigenvalue weighted by atomic mass is 35.5. The molecule has 0 fully saturated rings. The van der Waals surface area contributed by atoms with Crippen LogP contribution >= 0.6 is 24.0 Å². The lowest BCUT2D eigenvalue weighted by Crippen LogP contribution is -2.41. The van der Waals surface area contributed by atoms with Gasteiger partial charge in [0.1, 0.15) is 24.0 Å². The van der Waals surface area contributed by atoms with Crippen molar-refractivity contribution in [3.8, 4) is 5.75 Å². The van der Waals surface area contributed by atoms with Gasteiger partial charge in [-0.2, -0.15) is 0 Å². The van der Waals surface area contributed by atoms with Crippen LogP contribution in [0.1, 0.15) is 27.7 Å². The van der Waals surface area contributed by atoms with E-state index in [1.54, 1.807) is 26.0 Å². The van der Waals surface area contributed by atoms with E-state index in [0.29, 0.717) is 10.8 Å². The second-order valence-corrected chi connectivity index (χ2v) is 5.65. The summed E-state index contributed by atoms with van der Waals surface area (Å²) < 4.78 is 11.2. The van der Waals surface area contributed by atoms with Gasteiger partial charge >= 0.3 is 5.97 Å². The van der Waals surface area contributed by atoms with E-state index in [-0.39, 0.29) is 24.4 Å². The summed E-state index contributed by atoms with van der Waals surface area (Å²) in [5.41, 5.74) is 5.50. The molecule has 0 radical (unpaired) electrons. The van der Waals surface area contributed by atoms with Crippen molar-refractivity contribution < 1.29 is 14.3 Å². The molecule has 0 spiro atoms. The van der Waals surface area contributed by atoms with E-state index in [1.165, 1.54) is 0 Å². The Hall–Kier alpha value is -0.970. The lowest BCUT2D eigenvalue weighted by atomic mass is 10.0. The minimum Gasteiger partial charge on any atom is -0.486 e. The third-order valence-electron chi connectivity index (χ3n) is 2.86. The summed E-state index contributed by atoms with van der Waals surface area (Å²) in [5.74, 6) is 0.391. The van der Waals surface area contributed by atoms with E-state index >= 15 is 0 Å². The van der Waals surface area contributed by atoms with Gasteiger partial charge in [-0.15, -0.1) is 12.4 Å². The molecule has 1 aromatic rings. The molecule has 4 nitrogen and oxygen atoms in total. The number of esters is 1. The molecule has 0 aromatic heterocycles. The average molecular weight is 336 g/mol. The summed E-state index contributed by atoms with van der Waals surface area (Å²) in [6.45, 7) is 7.41. The normalized spacial score (nSPS) is 14.8. The maximum absolute atomic E-state index is 11.6. The Balaban J connectivity index is 0.00000400. The number of carbonyl (C=O) groups excluding carboxylic acids is 1. The number of halogens is 2. The van der Waals surface area contributed by atoms with Crippen LogP contribution in [0.2, 0.25) is 5.02 Å². The Morgan fingerprint density at radius 1 is 1.24 bits per heavy atom. The molecule has 120 valence electrons. The van der Waals surface area contributed by atoms with Gasteiger partial charge in [0.05, 0.1) is 0 Å². The molecular weight excluding hydrogens is 313 g/mol. The topological polar surface area (TPSA) is 61.5 Å². The number of nitrogens with two attached hydrogens (primary N) is 1. The maximum atomic E-state index is 11.6. The summed E-state index contributed by atoms with van der Waals surface area (Å²) in [5, 5.41) is 0.602. The fourth-order valence-electron chi connectivity index (χ4n) is 1.83. The predicted molar refractivity (Wildman–Crippen MR) is 87.2 cm³/mol. The summed E-state index contributed by atoms with van der Waals surface area (Å²) in [6, 6.07) is 6.50. The first-order valence-corrected chi connectivity index (χ1v) is 7.07. The molecule has 0 heterocycles. The van der Waals surface area contributed by atoms with Crippen LogP contribution < -0.4 is 10.5 Å². The zero-order valence-corrected chi connectivity index (χ0v) is 14.3. The van der Waals surface area contributed by atoms with E-state index in [9.17, 15) is 4.79 Å². The van der Waals surface area contributed by atoms with Gasteiger partial charge in [0.15, 0.2) is 0 Å². The summed E-state index contributed by atoms with van der Waals surface area (Å²) in [6.07, 6.45) is -0.663. The maximum Gasteiger partial charge on any atom is 0.323 e. The highest BCUT2D eigenvalue weighted by molar-refractivity contribution is 6.30. The predicted octanol–water partition coefficient (Wildman–Crippen LogP) is 3.44. The summed E-state index contributed by atoms with van der Waals surface area (Å²) >= 11 is 5.93. The van der Waals surface area contributed by atoms with Crippen LogP contribution in [0.15, 0.2) is 24.3 Å². The molecule has 3 atom stereocenters. The van der Waals surface area contributed by atoms with E-state index < -0.39 is 18.1 Å². The monoisotopic (exact) mass is 335 g/mol. The van der Waals surface area contributed by atoms with Gasteiger partial charge in [-0.1, -0.05) is 31.5 Å². The summed E-state index contributed by atoms with van der Waals surface area (Å²) in [7, 11) is 0. The van der Waals surface area contributed by atoms with Gasteiger partial charge in [-0.25, -0.2) is 0 Å². The van der Waals surface area contributed by atoms with Crippen LogP contribution in [0.4, 0.5) is 0 Å². The van der Waals surface area contributed by atoms with Crippen molar-refractivity contribution in [2.45, 2.75) is 45.9 Å². The lowest BCUT2D eigenvalue weighted by Gasteiger charge is -2.28. The minimum absolute atomic E-state index is 0. The van der Waals surface area contributed by atoms with Gasteiger partial charge in [0.2, 0.25) is 0 Å². The second-order valence-electron chi connectivity index (χ2n) is 5.21. The number of carbonyl (C=O) groups is 1. The quantitative estimate of drug-likeness (QED) is 0.809. The van der Waals surface area contributed by atoms with Crippen molar-refractivity contribution >= 4 is 30.0 Å². The van der Waals surface area contributed by atoms with Gasteiger partial charge < -0.3 is 15.2 Å². The highest BCUT2D eigenvalue weighted by Gasteiger charge is 2.27. The van der Waals surface area contributed by atoms with Crippen LogP contribution in [0, 0.1) is 5.92 Å². The Kier molecular flexibility index (Phi) is 8.71. The fourth-order valence-corrected chi connectivity index (χ4v) is 2.01. The largest absolute Gasteiger partial charge is 0.486 e. The Morgan fingerprint density at radius 3 is 2.33 bits per heavy atom. The molecule has 0 aliphatic rings. The van der Waals surface area contributed by atoms with Gasteiger partial charge in [0, 0.05) is 5.02 Å². The first-order valence-electron chi connectivity index (χ1n) is 6.69. The molecule has 0 aliphatic heterocycles. The van der Waals surface area contributed by atoms with Crippen LogP contribution in [0.3, 0.4) is 0 Å². The average Bonchev–Trinajstić information content (AvgIpc) is 2.35. The van der Waals surface area contributed by atoms with Crippen molar-refractivity contribution in [2.24, 2.45) is 11.7 Å². The summed E-state index contributed by atoms with van der Waals surface area (Å²) in [4.78, 5) is 11.6. The van der Waals surface area contributed by atoms with Gasteiger partial charge in [0.25, 0.3) is 0 Å². The molecule has 0 unspecified atom stereocenters. The molecular formula is C15H23Cl2NO3. The molecule has 21 heavy (non-hydrogen) atoms. The van der Waals surface area contributed by atoms with Crippen LogP contribution in [0.25, 0.3) is 0 Å². The van der Waals surface area contributed by atoms with E-state index in [2.05, 4.69) is 0 Å². The molecule has 0 saturated heterocycles. The lowest BCUT2D eigenvalue weighted by molar-refractivity contribution is -0.155. The molecule has 0 saturated carbocycles. The van der Waals surface area contributed by atoms with Gasteiger partial charge in [-0.3, -0.25) is 4.79 Å². The molecule has 2 N–H and O–H groups in total. The van der Waals surface area contributed by atoms with Gasteiger partial charge in [-0.05, 0) is 38.0 Å². The Morgan fingerprint density at radius 2 is 1.86 bits per heavy atom. The Bertz CT molecular complexity index is 452. The third-order valence-corrected chi connectivity index (χ3v) is 3.10. The van der Waals surface area contributed by atoms with Crippen LogP contribution in [-0.2, 0) is 9.53 Å². The third kappa shape index (κ3) is 6.55. The number of rotatable bonds is 6. The zero-order valence-electron chi connectivity index (χ0n) is 12.7. The molecule has 1 rings (SSSR count). The first kappa shape index (κ1) is 20.0. The molecule has 0 bridgehead atoms. The Labute approximate surface area is 137 Å². The molecule has 0 aliphatic carbocycles. The molecule has 6 heteroatoms. The fraction of sp³-hybridized carbons (Fsp3) is 0.533. The van der Waals surface area contributed by atoms with Crippen LogP contribution in [-0.4, -0.2) is 24.2 Å². The SMILES string of the molecule is CC(C)[C@H](Oc1cccc(Cl)c1)[C@H](C)OC(=O)[C@H](C)N.Cl. The molecule has 0 amide bonds. The zero-order chi connectivity index (χ0) is 15.3. The number of hydrogen-bond donors (Lipinski definition) is 1. The van der Waals surface area contributed by atoms with Crippen LogP contribution in [0.5, 0.6) is 5.75 Å².